The Morgan fingerprint density at radius 1 is 0.950 bits per heavy atom. The van der Waals surface area contributed by atoms with Gasteiger partial charge in [-0.2, -0.15) is 5.10 Å². The molecule has 3 aromatic carbocycles. The van der Waals surface area contributed by atoms with Crippen molar-refractivity contribution in [3.63, 3.8) is 0 Å². The molecule has 7 nitrogen and oxygen atoms in total. The van der Waals surface area contributed by atoms with Crippen LogP contribution in [0.3, 0.4) is 0 Å². The zero-order valence-corrected chi connectivity index (χ0v) is 23.4. The molecule has 0 radical (unpaired) electrons. The maximum atomic E-state index is 12.9. The molecule has 2 aromatic heterocycles. The van der Waals surface area contributed by atoms with Gasteiger partial charge in [0.05, 0.1) is 23.8 Å². The highest BCUT2D eigenvalue weighted by Crippen LogP contribution is 2.25. The summed E-state index contributed by atoms with van der Waals surface area (Å²) in [6.07, 6.45) is 4.50. The van der Waals surface area contributed by atoms with Crippen LogP contribution in [0, 0.1) is 12.8 Å². The minimum atomic E-state index is -0.140. The van der Waals surface area contributed by atoms with Gasteiger partial charge in [-0.05, 0) is 92.4 Å². The van der Waals surface area contributed by atoms with Crippen LogP contribution >= 0.6 is 11.3 Å². The van der Waals surface area contributed by atoms with E-state index < -0.39 is 0 Å². The Balaban J connectivity index is 1.12. The highest BCUT2D eigenvalue weighted by atomic mass is 32.1. The van der Waals surface area contributed by atoms with Crippen LogP contribution in [0.2, 0.25) is 0 Å². The number of carbonyl (C=O) groups excluding carboxylic acids is 2. The smallest absolute Gasteiger partial charge is 0.255 e. The van der Waals surface area contributed by atoms with E-state index in [9.17, 15) is 9.59 Å². The van der Waals surface area contributed by atoms with Gasteiger partial charge in [0.15, 0.2) is 5.78 Å². The third-order valence-corrected chi connectivity index (χ3v) is 8.48. The summed E-state index contributed by atoms with van der Waals surface area (Å²) in [5.74, 6) is 0.687. The van der Waals surface area contributed by atoms with Crippen LogP contribution in [-0.2, 0) is 6.42 Å². The average Bonchev–Trinajstić information content (AvgIpc) is 3.59. The van der Waals surface area contributed by atoms with Crippen molar-refractivity contribution in [1.29, 1.82) is 0 Å². The Labute approximate surface area is 237 Å². The predicted octanol–water partition coefficient (Wildman–Crippen LogP) is 6.70. The monoisotopic (exact) mass is 549 g/mol. The van der Waals surface area contributed by atoms with Gasteiger partial charge in [0.2, 0.25) is 0 Å². The number of aryl methyl sites for hydroxylation is 1. The summed E-state index contributed by atoms with van der Waals surface area (Å²) in [6, 6.07) is 21.1. The number of ketones is 1. The van der Waals surface area contributed by atoms with Crippen LogP contribution in [0.15, 0.2) is 78.3 Å². The van der Waals surface area contributed by atoms with Crippen LogP contribution < -0.4 is 10.2 Å². The lowest BCUT2D eigenvalue weighted by Gasteiger charge is -2.32. The van der Waals surface area contributed by atoms with Gasteiger partial charge in [-0.15, -0.1) is 11.3 Å². The Bertz CT molecular complexity index is 1660. The summed E-state index contributed by atoms with van der Waals surface area (Å²) in [7, 11) is 0. The second kappa shape index (κ2) is 11.1. The third kappa shape index (κ3) is 5.53. The van der Waals surface area contributed by atoms with Gasteiger partial charge in [0, 0.05) is 52.1 Å². The minimum Gasteiger partial charge on any atom is -0.372 e. The van der Waals surface area contributed by atoms with Crippen LogP contribution in [0.1, 0.15) is 51.2 Å². The first-order valence-electron chi connectivity index (χ1n) is 13.6. The normalized spacial score (nSPS) is 14.0. The van der Waals surface area contributed by atoms with Crippen LogP contribution in [0.25, 0.3) is 16.6 Å². The summed E-state index contributed by atoms with van der Waals surface area (Å²) in [6.45, 7) is 6.37. The minimum absolute atomic E-state index is 0.0439. The number of nitrogens with one attached hydrogen (secondary N) is 1. The summed E-state index contributed by atoms with van der Waals surface area (Å²) in [5, 5.41) is 11.3. The maximum Gasteiger partial charge on any atom is 0.255 e. The molecule has 1 aliphatic rings. The van der Waals surface area contributed by atoms with Crippen LogP contribution in [0.4, 0.5) is 11.4 Å². The molecule has 6 rings (SSSR count). The number of anilines is 2. The number of nitrogens with zero attached hydrogens (tertiary/aromatic N) is 4. The number of piperidine rings is 1. The van der Waals surface area contributed by atoms with Crippen molar-refractivity contribution in [3.8, 4) is 5.69 Å². The Morgan fingerprint density at radius 3 is 2.35 bits per heavy atom. The highest BCUT2D eigenvalue weighted by molar-refractivity contribution is 7.09. The standard InChI is InChI=1S/C32H31N5O2S/c1-21-13-15-36(16-14-21)27-8-5-24(6-9-27)32(39)35-26-7-12-29-25(17-26)19-33-37(29)28-10-3-23(4-11-28)30(38)18-31-34-22(2)20-40-31/h3-12,17,19-21H,13-16,18H2,1-2H3,(H,35,39). The second-order valence-electron chi connectivity index (χ2n) is 10.5. The summed E-state index contributed by atoms with van der Waals surface area (Å²) < 4.78 is 1.83. The summed E-state index contributed by atoms with van der Waals surface area (Å²) in [4.78, 5) is 32.4. The zero-order valence-electron chi connectivity index (χ0n) is 22.6. The summed E-state index contributed by atoms with van der Waals surface area (Å²) >= 11 is 1.51. The van der Waals surface area contributed by atoms with Crippen molar-refractivity contribution in [2.45, 2.75) is 33.1 Å². The molecule has 1 N–H and O–H groups in total. The van der Waals surface area contributed by atoms with Gasteiger partial charge < -0.3 is 10.2 Å². The number of rotatable bonds is 7. The fourth-order valence-electron chi connectivity index (χ4n) is 5.12. The zero-order chi connectivity index (χ0) is 27.6. The van der Waals surface area contributed by atoms with E-state index in [1.807, 2.05) is 83.7 Å². The number of hydrogen-bond donors (Lipinski definition) is 1. The molecule has 0 saturated carbocycles. The van der Waals surface area contributed by atoms with E-state index in [2.05, 4.69) is 27.2 Å². The predicted molar refractivity (Wildman–Crippen MR) is 161 cm³/mol. The van der Waals surface area contributed by atoms with Gasteiger partial charge in [-0.1, -0.05) is 6.92 Å². The lowest BCUT2D eigenvalue weighted by molar-refractivity contribution is 0.0991. The second-order valence-corrected chi connectivity index (χ2v) is 11.5. The first kappa shape index (κ1) is 26.0. The third-order valence-electron chi connectivity index (χ3n) is 7.52. The largest absolute Gasteiger partial charge is 0.372 e. The molecular weight excluding hydrogens is 518 g/mol. The van der Waals surface area contributed by atoms with Gasteiger partial charge >= 0.3 is 0 Å². The number of thiazole rings is 1. The van der Waals surface area contributed by atoms with E-state index in [1.54, 1.807) is 6.20 Å². The van der Waals surface area contributed by atoms with Gasteiger partial charge in [0.1, 0.15) is 5.01 Å². The van der Waals surface area contributed by atoms with Gasteiger partial charge in [0.25, 0.3) is 5.91 Å². The lowest BCUT2D eigenvalue weighted by atomic mass is 9.98. The van der Waals surface area contributed by atoms with E-state index in [4.69, 9.17) is 0 Å². The van der Waals surface area contributed by atoms with E-state index in [-0.39, 0.29) is 11.7 Å². The molecule has 0 spiro atoms. The van der Waals surface area contributed by atoms with Crippen LogP contribution in [0.5, 0.6) is 0 Å². The Hall–Kier alpha value is -4.30. The number of Topliss-reactive ketones (excluding diaryl/α,β-unsaturated/α-hetero) is 1. The average molecular weight is 550 g/mol. The topological polar surface area (TPSA) is 80.1 Å². The molecule has 1 saturated heterocycles. The first-order chi connectivity index (χ1) is 19.4. The van der Waals surface area contributed by atoms with E-state index >= 15 is 0 Å². The van der Waals surface area contributed by atoms with E-state index in [0.29, 0.717) is 23.2 Å². The number of amides is 1. The molecular formula is C32H31N5O2S. The summed E-state index contributed by atoms with van der Waals surface area (Å²) in [5.41, 5.74) is 5.87. The van der Waals surface area contributed by atoms with Crippen molar-refractivity contribution in [2.24, 2.45) is 5.92 Å². The number of aromatic nitrogens is 3. The highest BCUT2D eigenvalue weighted by Gasteiger charge is 2.17. The van der Waals surface area contributed by atoms with E-state index in [1.165, 1.54) is 29.9 Å². The number of carbonyl (C=O) groups is 2. The first-order valence-corrected chi connectivity index (χ1v) is 14.5. The molecule has 0 aliphatic carbocycles. The fraction of sp³-hybridized carbons (Fsp3) is 0.250. The van der Waals surface area contributed by atoms with Crippen LogP contribution in [-0.4, -0.2) is 39.5 Å². The molecule has 1 amide bonds. The van der Waals surface area contributed by atoms with Crippen molar-refractivity contribution in [2.75, 3.05) is 23.3 Å². The Morgan fingerprint density at radius 2 is 1.65 bits per heavy atom. The maximum absolute atomic E-state index is 12.9. The molecule has 202 valence electrons. The molecule has 8 heteroatoms. The molecule has 3 heterocycles. The SMILES string of the molecule is Cc1csc(CC(=O)c2ccc(-n3ncc4cc(NC(=O)c5ccc(N6CCC(C)CC6)cc5)ccc43)cc2)n1. The lowest BCUT2D eigenvalue weighted by Crippen LogP contribution is -2.32. The van der Waals surface area contributed by atoms with Crippen molar-refractivity contribution >= 4 is 45.3 Å². The molecule has 0 unspecified atom stereocenters. The van der Waals surface area contributed by atoms with Gasteiger partial charge in [-0.25, -0.2) is 9.67 Å². The number of benzene rings is 3. The fourth-order valence-corrected chi connectivity index (χ4v) is 5.89. The number of hydrogen-bond acceptors (Lipinski definition) is 6. The number of fused-ring (bicyclic) bond motifs is 1. The van der Waals surface area contributed by atoms with Gasteiger partial charge in [-0.3, -0.25) is 9.59 Å². The van der Waals surface area contributed by atoms with E-state index in [0.717, 1.165) is 46.3 Å². The quantitative estimate of drug-likeness (QED) is 0.228. The molecule has 1 fully saturated rings. The molecule has 1 aliphatic heterocycles. The van der Waals surface area contributed by atoms with Crippen molar-refractivity contribution in [1.82, 2.24) is 14.8 Å². The van der Waals surface area contributed by atoms with Crippen molar-refractivity contribution < 1.29 is 9.59 Å². The molecule has 40 heavy (non-hydrogen) atoms. The molecule has 5 aromatic rings. The Kier molecular flexibility index (Phi) is 7.17. The molecule has 0 atom stereocenters. The van der Waals surface area contributed by atoms with Crippen molar-refractivity contribution in [3.05, 3.63) is 100 Å². The molecule has 0 bridgehead atoms.